The number of nitrogens with one attached hydrogen (secondary N) is 1. The monoisotopic (exact) mass is 234 g/mol. The van der Waals surface area contributed by atoms with Crippen LogP contribution in [0.15, 0.2) is 12.4 Å². The van der Waals surface area contributed by atoms with Crippen molar-refractivity contribution >= 4 is 5.82 Å². The van der Waals surface area contributed by atoms with Gasteiger partial charge in [0.05, 0.1) is 0 Å². The molecule has 4 nitrogen and oxygen atoms in total. The average Bonchev–Trinajstić information content (AvgIpc) is 2.40. The van der Waals surface area contributed by atoms with E-state index in [0.717, 1.165) is 36.9 Å². The number of anilines is 1. The third kappa shape index (κ3) is 3.40. The Balaban J connectivity index is 1.95. The number of nitrogens with zero attached hydrogens (tertiary/aromatic N) is 3. The minimum atomic E-state index is 0.744. The zero-order valence-electron chi connectivity index (χ0n) is 10.8. The second-order valence-corrected chi connectivity index (χ2v) is 4.81. The highest BCUT2D eigenvalue weighted by molar-refractivity contribution is 5.37. The van der Waals surface area contributed by atoms with Crippen LogP contribution in [-0.2, 0) is 6.42 Å². The molecule has 1 atom stereocenters. The van der Waals surface area contributed by atoms with E-state index in [4.69, 9.17) is 0 Å². The third-order valence-electron chi connectivity index (χ3n) is 3.39. The van der Waals surface area contributed by atoms with E-state index in [2.05, 4.69) is 40.2 Å². The molecule has 1 aromatic heterocycles. The lowest BCUT2D eigenvalue weighted by atomic mass is 9.99. The van der Waals surface area contributed by atoms with Gasteiger partial charge in [0.25, 0.3) is 0 Å². The molecule has 0 bridgehead atoms. The highest BCUT2D eigenvalue weighted by atomic mass is 15.2. The molecular formula is C13H22N4. The van der Waals surface area contributed by atoms with E-state index in [9.17, 15) is 0 Å². The molecule has 0 amide bonds. The lowest BCUT2D eigenvalue weighted by Gasteiger charge is -2.28. The van der Waals surface area contributed by atoms with Crippen molar-refractivity contribution in [2.45, 2.75) is 26.2 Å². The van der Waals surface area contributed by atoms with Gasteiger partial charge >= 0.3 is 0 Å². The van der Waals surface area contributed by atoms with Crippen LogP contribution in [0.1, 0.15) is 25.5 Å². The summed E-state index contributed by atoms with van der Waals surface area (Å²) in [5, 5.41) is 3.45. The number of rotatable bonds is 4. The van der Waals surface area contributed by atoms with Crippen molar-refractivity contribution < 1.29 is 0 Å². The maximum atomic E-state index is 4.35. The first-order chi connectivity index (χ1) is 8.29. The van der Waals surface area contributed by atoms with Gasteiger partial charge in [0, 0.05) is 25.4 Å². The number of piperidine rings is 1. The van der Waals surface area contributed by atoms with Crippen LogP contribution in [0.3, 0.4) is 0 Å². The van der Waals surface area contributed by atoms with E-state index in [0.29, 0.717) is 0 Å². The molecule has 94 valence electrons. The van der Waals surface area contributed by atoms with E-state index < -0.39 is 0 Å². The third-order valence-corrected chi connectivity index (χ3v) is 3.39. The van der Waals surface area contributed by atoms with E-state index >= 15 is 0 Å². The molecule has 1 N–H and O–H groups in total. The van der Waals surface area contributed by atoms with Gasteiger partial charge < -0.3 is 10.2 Å². The lowest BCUT2D eigenvalue weighted by Crippen LogP contribution is -2.37. The summed E-state index contributed by atoms with van der Waals surface area (Å²) in [4.78, 5) is 10.8. The fourth-order valence-corrected chi connectivity index (χ4v) is 2.35. The molecule has 0 saturated carbocycles. The van der Waals surface area contributed by atoms with Crippen molar-refractivity contribution in [3.63, 3.8) is 0 Å². The highest BCUT2D eigenvalue weighted by Crippen LogP contribution is 2.15. The van der Waals surface area contributed by atoms with E-state index in [1.165, 1.54) is 19.4 Å². The maximum absolute atomic E-state index is 4.35. The summed E-state index contributed by atoms with van der Waals surface area (Å²) in [6.45, 7) is 5.51. The average molecular weight is 234 g/mol. The van der Waals surface area contributed by atoms with Gasteiger partial charge in [-0.15, -0.1) is 0 Å². The first kappa shape index (κ1) is 12.3. The molecule has 1 aliphatic rings. The fraction of sp³-hybridized carbons (Fsp3) is 0.692. The fourth-order valence-electron chi connectivity index (χ4n) is 2.35. The van der Waals surface area contributed by atoms with Crippen LogP contribution in [-0.4, -0.2) is 36.6 Å². The molecule has 2 heterocycles. The van der Waals surface area contributed by atoms with Gasteiger partial charge in [-0.3, -0.25) is 0 Å². The Kier molecular flexibility index (Phi) is 4.31. The van der Waals surface area contributed by atoms with Crippen molar-refractivity contribution in [3.05, 3.63) is 18.1 Å². The highest BCUT2D eigenvalue weighted by Gasteiger charge is 2.15. The largest absolute Gasteiger partial charge is 0.359 e. The summed E-state index contributed by atoms with van der Waals surface area (Å²) in [7, 11) is 2.12. The Bertz CT molecular complexity index is 347. The van der Waals surface area contributed by atoms with Gasteiger partial charge in [-0.25, -0.2) is 9.97 Å². The van der Waals surface area contributed by atoms with Gasteiger partial charge in [-0.05, 0) is 38.3 Å². The van der Waals surface area contributed by atoms with Crippen LogP contribution in [0.5, 0.6) is 0 Å². The molecule has 17 heavy (non-hydrogen) atoms. The van der Waals surface area contributed by atoms with Gasteiger partial charge in [0.1, 0.15) is 12.1 Å². The molecule has 2 rings (SSSR count). The molecule has 0 aliphatic carbocycles. The molecule has 1 saturated heterocycles. The maximum Gasteiger partial charge on any atom is 0.131 e. The minimum Gasteiger partial charge on any atom is -0.359 e. The summed E-state index contributed by atoms with van der Waals surface area (Å²) in [6.07, 6.45) is 5.25. The van der Waals surface area contributed by atoms with Crippen LogP contribution in [0.4, 0.5) is 5.82 Å². The first-order valence-electron chi connectivity index (χ1n) is 6.52. The topological polar surface area (TPSA) is 41.0 Å². The normalized spacial score (nSPS) is 20.2. The van der Waals surface area contributed by atoms with Gasteiger partial charge in [-0.2, -0.15) is 0 Å². The summed E-state index contributed by atoms with van der Waals surface area (Å²) in [5.74, 6) is 1.79. The molecule has 1 fully saturated rings. The summed E-state index contributed by atoms with van der Waals surface area (Å²) < 4.78 is 0. The number of hydrogen-bond donors (Lipinski definition) is 1. The molecule has 1 aliphatic heterocycles. The molecule has 1 unspecified atom stereocenters. The SMILES string of the molecule is CCc1cc(N(C)CC2CCCNC2)ncn1. The predicted octanol–water partition coefficient (Wildman–Crippen LogP) is 1.47. The standard InChI is InChI=1S/C13H22N4/c1-3-12-7-13(16-10-15-12)17(2)9-11-5-4-6-14-8-11/h7,10-11,14H,3-6,8-9H2,1-2H3. The predicted molar refractivity (Wildman–Crippen MR) is 70.3 cm³/mol. The summed E-state index contributed by atoms with van der Waals surface area (Å²) in [5.41, 5.74) is 1.11. The second-order valence-electron chi connectivity index (χ2n) is 4.81. The zero-order valence-corrected chi connectivity index (χ0v) is 10.8. The Labute approximate surface area is 103 Å². The molecule has 1 aromatic rings. The molecule has 0 spiro atoms. The zero-order chi connectivity index (χ0) is 12.1. The van der Waals surface area contributed by atoms with Crippen molar-refractivity contribution in [2.75, 3.05) is 31.6 Å². The minimum absolute atomic E-state index is 0.744. The second kappa shape index (κ2) is 5.96. The lowest BCUT2D eigenvalue weighted by molar-refractivity contribution is 0.380. The van der Waals surface area contributed by atoms with Crippen LogP contribution < -0.4 is 10.2 Å². The Morgan fingerprint density at radius 3 is 3.06 bits per heavy atom. The van der Waals surface area contributed by atoms with Crippen LogP contribution in [0, 0.1) is 5.92 Å². The molecule has 4 heteroatoms. The number of hydrogen-bond acceptors (Lipinski definition) is 4. The Morgan fingerprint density at radius 1 is 1.47 bits per heavy atom. The first-order valence-corrected chi connectivity index (χ1v) is 6.52. The summed E-state index contributed by atoms with van der Waals surface area (Å²) >= 11 is 0. The Morgan fingerprint density at radius 2 is 2.35 bits per heavy atom. The Hall–Kier alpha value is -1.16. The summed E-state index contributed by atoms with van der Waals surface area (Å²) in [6, 6.07) is 2.09. The smallest absolute Gasteiger partial charge is 0.131 e. The number of aromatic nitrogens is 2. The van der Waals surface area contributed by atoms with Crippen molar-refractivity contribution in [1.29, 1.82) is 0 Å². The van der Waals surface area contributed by atoms with Crippen LogP contribution in [0.2, 0.25) is 0 Å². The van der Waals surface area contributed by atoms with Gasteiger partial charge in [0.15, 0.2) is 0 Å². The number of aryl methyl sites for hydroxylation is 1. The van der Waals surface area contributed by atoms with E-state index in [1.54, 1.807) is 6.33 Å². The van der Waals surface area contributed by atoms with Crippen LogP contribution >= 0.6 is 0 Å². The molecule has 0 aromatic carbocycles. The van der Waals surface area contributed by atoms with Gasteiger partial charge in [0.2, 0.25) is 0 Å². The van der Waals surface area contributed by atoms with Crippen molar-refractivity contribution in [1.82, 2.24) is 15.3 Å². The van der Waals surface area contributed by atoms with Gasteiger partial charge in [-0.1, -0.05) is 6.92 Å². The van der Waals surface area contributed by atoms with Crippen LogP contribution in [0.25, 0.3) is 0 Å². The van der Waals surface area contributed by atoms with E-state index in [1.807, 2.05) is 0 Å². The van der Waals surface area contributed by atoms with E-state index in [-0.39, 0.29) is 0 Å². The molecule has 0 radical (unpaired) electrons. The van der Waals surface area contributed by atoms with Crippen molar-refractivity contribution in [3.8, 4) is 0 Å². The molecular weight excluding hydrogens is 212 g/mol. The van der Waals surface area contributed by atoms with Crippen molar-refractivity contribution in [2.24, 2.45) is 5.92 Å². The quantitative estimate of drug-likeness (QED) is 0.856.